The van der Waals surface area contributed by atoms with Crippen LogP contribution in [0.1, 0.15) is 37.0 Å². The van der Waals surface area contributed by atoms with E-state index in [1.807, 2.05) is 12.1 Å². The Hall–Kier alpha value is -2.36. The molecule has 0 aliphatic rings. The zero-order valence-corrected chi connectivity index (χ0v) is 13.2. The summed E-state index contributed by atoms with van der Waals surface area (Å²) in [6, 6.07) is 11.5. The van der Waals surface area contributed by atoms with Crippen molar-refractivity contribution in [1.29, 1.82) is 0 Å². The molecular formula is C18H23N3O. The quantitative estimate of drug-likeness (QED) is 0.841. The van der Waals surface area contributed by atoms with Gasteiger partial charge in [0.15, 0.2) is 0 Å². The summed E-state index contributed by atoms with van der Waals surface area (Å²) in [4.78, 5) is 18.4. The molecule has 0 spiro atoms. The highest BCUT2D eigenvalue weighted by molar-refractivity contribution is 6.04. The molecule has 1 aromatic heterocycles. The van der Waals surface area contributed by atoms with Gasteiger partial charge < -0.3 is 10.2 Å². The Bertz CT molecular complexity index is 575. The highest BCUT2D eigenvalue weighted by atomic mass is 16.1. The van der Waals surface area contributed by atoms with Gasteiger partial charge in [-0.2, -0.15) is 0 Å². The summed E-state index contributed by atoms with van der Waals surface area (Å²) < 4.78 is 0. The molecule has 22 heavy (non-hydrogen) atoms. The Morgan fingerprint density at radius 2 is 1.77 bits per heavy atom. The van der Waals surface area contributed by atoms with Gasteiger partial charge in [0.2, 0.25) is 0 Å². The maximum absolute atomic E-state index is 12.1. The molecule has 2 aromatic rings. The zero-order valence-electron chi connectivity index (χ0n) is 13.2. The smallest absolute Gasteiger partial charge is 0.257 e. The predicted molar refractivity (Wildman–Crippen MR) is 91.4 cm³/mol. The molecule has 0 unspecified atom stereocenters. The largest absolute Gasteiger partial charge is 0.372 e. The molecule has 0 saturated carbocycles. The average molecular weight is 297 g/mol. The van der Waals surface area contributed by atoms with E-state index in [1.165, 1.54) is 5.69 Å². The number of hydrogen-bond donors (Lipinski definition) is 1. The lowest BCUT2D eigenvalue weighted by atomic mass is 10.2. The number of amides is 1. The second-order valence-corrected chi connectivity index (χ2v) is 5.23. The first-order chi connectivity index (χ1) is 10.7. The first kappa shape index (κ1) is 16.0. The number of rotatable bonds is 7. The van der Waals surface area contributed by atoms with Gasteiger partial charge in [-0.1, -0.05) is 13.8 Å². The fraction of sp³-hybridized carbons (Fsp3) is 0.333. The third-order valence-electron chi connectivity index (χ3n) is 3.40. The Balaban J connectivity index is 2.03. The monoisotopic (exact) mass is 297 g/mol. The lowest BCUT2D eigenvalue weighted by Gasteiger charge is -2.24. The average Bonchev–Trinajstić information content (AvgIpc) is 2.56. The summed E-state index contributed by atoms with van der Waals surface area (Å²) in [5, 5.41) is 2.89. The van der Waals surface area contributed by atoms with Crippen molar-refractivity contribution in [2.45, 2.75) is 26.7 Å². The predicted octanol–water partition coefficient (Wildman–Crippen LogP) is 3.96. The number of aromatic nitrogens is 1. The van der Waals surface area contributed by atoms with Crippen LogP contribution in [0.3, 0.4) is 0 Å². The number of hydrogen-bond acceptors (Lipinski definition) is 3. The number of nitrogens with one attached hydrogen (secondary N) is 1. The normalized spacial score (nSPS) is 10.3. The summed E-state index contributed by atoms with van der Waals surface area (Å²) >= 11 is 0. The van der Waals surface area contributed by atoms with Crippen molar-refractivity contribution in [2.24, 2.45) is 0 Å². The van der Waals surface area contributed by atoms with Crippen molar-refractivity contribution in [3.05, 3.63) is 54.4 Å². The van der Waals surface area contributed by atoms with Gasteiger partial charge >= 0.3 is 0 Å². The second kappa shape index (κ2) is 8.17. The van der Waals surface area contributed by atoms with Crippen LogP contribution in [-0.2, 0) is 0 Å². The van der Waals surface area contributed by atoms with Crippen molar-refractivity contribution in [3.8, 4) is 0 Å². The number of carbonyl (C=O) groups excluding carboxylic acids is 1. The van der Waals surface area contributed by atoms with E-state index in [4.69, 9.17) is 0 Å². The Morgan fingerprint density at radius 3 is 2.32 bits per heavy atom. The number of anilines is 2. The van der Waals surface area contributed by atoms with E-state index in [0.717, 1.165) is 31.6 Å². The summed E-state index contributed by atoms with van der Waals surface area (Å²) in [6.45, 7) is 6.47. The van der Waals surface area contributed by atoms with Crippen LogP contribution in [0.4, 0.5) is 11.4 Å². The van der Waals surface area contributed by atoms with Crippen LogP contribution in [0, 0.1) is 0 Å². The molecule has 1 heterocycles. The molecule has 0 atom stereocenters. The van der Waals surface area contributed by atoms with Gasteiger partial charge in [0, 0.05) is 36.9 Å². The van der Waals surface area contributed by atoms with E-state index < -0.39 is 0 Å². The molecule has 0 aliphatic carbocycles. The molecule has 4 heteroatoms. The minimum absolute atomic E-state index is 0.139. The van der Waals surface area contributed by atoms with Crippen LogP contribution >= 0.6 is 0 Å². The Labute approximate surface area is 132 Å². The van der Waals surface area contributed by atoms with Crippen molar-refractivity contribution in [2.75, 3.05) is 23.3 Å². The SMILES string of the molecule is CCCN(CCC)c1ccc(NC(=O)c2cccnc2)cc1. The summed E-state index contributed by atoms with van der Waals surface area (Å²) in [5.41, 5.74) is 2.55. The second-order valence-electron chi connectivity index (χ2n) is 5.23. The first-order valence-corrected chi connectivity index (χ1v) is 7.81. The summed E-state index contributed by atoms with van der Waals surface area (Å²) in [7, 11) is 0. The van der Waals surface area contributed by atoms with Gasteiger partial charge in [-0.05, 0) is 49.2 Å². The molecule has 1 aromatic carbocycles. The highest BCUT2D eigenvalue weighted by Crippen LogP contribution is 2.19. The fourth-order valence-corrected chi connectivity index (χ4v) is 2.37. The van der Waals surface area contributed by atoms with E-state index in [2.05, 4.69) is 41.2 Å². The van der Waals surface area contributed by atoms with Crippen LogP contribution in [-0.4, -0.2) is 24.0 Å². The standard InChI is InChI=1S/C18H23N3O/c1-3-12-21(13-4-2)17-9-7-16(8-10-17)20-18(22)15-6-5-11-19-14-15/h5-11,14H,3-4,12-13H2,1-2H3,(H,20,22). The topological polar surface area (TPSA) is 45.2 Å². The third kappa shape index (κ3) is 4.32. The lowest BCUT2D eigenvalue weighted by Crippen LogP contribution is -2.24. The molecule has 0 saturated heterocycles. The maximum atomic E-state index is 12.1. The summed E-state index contributed by atoms with van der Waals surface area (Å²) in [6.07, 6.45) is 5.47. The van der Waals surface area contributed by atoms with Gasteiger partial charge in [-0.15, -0.1) is 0 Å². The van der Waals surface area contributed by atoms with E-state index in [9.17, 15) is 4.79 Å². The van der Waals surface area contributed by atoms with Crippen LogP contribution in [0.2, 0.25) is 0 Å². The number of carbonyl (C=O) groups is 1. The van der Waals surface area contributed by atoms with E-state index in [-0.39, 0.29) is 5.91 Å². The number of benzene rings is 1. The van der Waals surface area contributed by atoms with Crippen LogP contribution in [0.5, 0.6) is 0 Å². The van der Waals surface area contributed by atoms with Crippen LogP contribution in [0.15, 0.2) is 48.8 Å². The minimum atomic E-state index is -0.139. The van der Waals surface area contributed by atoms with Gasteiger partial charge in [-0.3, -0.25) is 9.78 Å². The van der Waals surface area contributed by atoms with Crippen molar-refractivity contribution >= 4 is 17.3 Å². The van der Waals surface area contributed by atoms with Crippen LogP contribution in [0.25, 0.3) is 0 Å². The van der Waals surface area contributed by atoms with Gasteiger partial charge in [0.05, 0.1) is 5.56 Å². The zero-order chi connectivity index (χ0) is 15.8. The Morgan fingerprint density at radius 1 is 1.09 bits per heavy atom. The first-order valence-electron chi connectivity index (χ1n) is 7.81. The molecule has 0 bridgehead atoms. The lowest BCUT2D eigenvalue weighted by molar-refractivity contribution is 0.102. The van der Waals surface area contributed by atoms with E-state index in [0.29, 0.717) is 5.56 Å². The minimum Gasteiger partial charge on any atom is -0.372 e. The van der Waals surface area contributed by atoms with Crippen molar-refractivity contribution < 1.29 is 4.79 Å². The maximum Gasteiger partial charge on any atom is 0.257 e. The molecule has 116 valence electrons. The van der Waals surface area contributed by atoms with Gasteiger partial charge in [0.1, 0.15) is 0 Å². The van der Waals surface area contributed by atoms with E-state index in [1.54, 1.807) is 24.5 Å². The van der Waals surface area contributed by atoms with Gasteiger partial charge in [-0.25, -0.2) is 0 Å². The molecule has 2 rings (SSSR count). The number of nitrogens with zero attached hydrogens (tertiary/aromatic N) is 2. The molecule has 0 fully saturated rings. The molecule has 1 amide bonds. The highest BCUT2D eigenvalue weighted by Gasteiger charge is 2.07. The van der Waals surface area contributed by atoms with Crippen molar-refractivity contribution in [1.82, 2.24) is 4.98 Å². The molecule has 0 aliphatic heterocycles. The molecule has 0 radical (unpaired) electrons. The van der Waals surface area contributed by atoms with Crippen LogP contribution < -0.4 is 10.2 Å². The fourth-order valence-electron chi connectivity index (χ4n) is 2.37. The molecule has 1 N–H and O–H groups in total. The molecule has 4 nitrogen and oxygen atoms in total. The summed E-state index contributed by atoms with van der Waals surface area (Å²) in [5.74, 6) is -0.139. The van der Waals surface area contributed by atoms with Gasteiger partial charge in [0.25, 0.3) is 5.91 Å². The Kier molecular flexibility index (Phi) is 5.95. The molecular weight excluding hydrogens is 274 g/mol. The number of pyridine rings is 1. The van der Waals surface area contributed by atoms with E-state index >= 15 is 0 Å². The van der Waals surface area contributed by atoms with Crippen molar-refractivity contribution in [3.63, 3.8) is 0 Å². The third-order valence-corrected chi connectivity index (χ3v) is 3.40.